The number of nitrogens with one attached hydrogen (secondary N) is 2. The summed E-state index contributed by atoms with van der Waals surface area (Å²) in [6.45, 7) is 7.74. The van der Waals surface area contributed by atoms with E-state index in [1.807, 2.05) is 0 Å². The van der Waals surface area contributed by atoms with Gasteiger partial charge in [0.2, 0.25) is 0 Å². The van der Waals surface area contributed by atoms with E-state index in [-0.39, 0.29) is 5.97 Å². The largest absolute Gasteiger partial charge is 0.465 e. The highest BCUT2D eigenvalue weighted by atomic mass is 16.5. The summed E-state index contributed by atoms with van der Waals surface area (Å²) in [6, 6.07) is 0. The molecular weight excluding hydrogens is 168 g/mol. The fourth-order valence-electron chi connectivity index (χ4n) is 0.820. The van der Waals surface area contributed by atoms with Crippen molar-refractivity contribution in [1.82, 2.24) is 10.6 Å². The number of carbonyl (C=O) groups excluding carboxylic acids is 1. The smallest absolute Gasteiger partial charge is 0.319 e. The quantitative estimate of drug-likeness (QED) is 0.422. The first kappa shape index (κ1) is 12.0. The minimum absolute atomic E-state index is 0.195. The molecule has 0 bridgehead atoms. The van der Waals surface area contributed by atoms with E-state index in [9.17, 15) is 4.79 Å². The fraction of sp³-hybridized carbons (Fsp3) is 0.667. The van der Waals surface area contributed by atoms with Crippen molar-refractivity contribution in [3.05, 3.63) is 12.8 Å². The van der Waals surface area contributed by atoms with Crippen LogP contribution in [0.1, 0.15) is 13.3 Å². The highest BCUT2D eigenvalue weighted by molar-refractivity contribution is 5.71. The summed E-state index contributed by atoms with van der Waals surface area (Å²) in [5, 5.41) is 5.95. The summed E-state index contributed by atoms with van der Waals surface area (Å²) < 4.78 is 4.74. The molecule has 13 heavy (non-hydrogen) atoms. The molecule has 0 aliphatic rings. The SMILES string of the molecule is C=CNCCCNCC(=O)OCC. The van der Waals surface area contributed by atoms with Gasteiger partial charge in [-0.3, -0.25) is 4.79 Å². The summed E-state index contributed by atoms with van der Waals surface area (Å²) in [5.74, 6) is -0.195. The average molecular weight is 186 g/mol. The third-order valence-electron chi connectivity index (χ3n) is 1.39. The molecule has 0 unspecified atom stereocenters. The van der Waals surface area contributed by atoms with E-state index in [0.717, 1.165) is 19.5 Å². The molecule has 2 N–H and O–H groups in total. The molecule has 0 aromatic heterocycles. The Hall–Kier alpha value is -1.03. The number of esters is 1. The monoisotopic (exact) mass is 186 g/mol. The molecule has 0 aliphatic carbocycles. The summed E-state index contributed by atoms with van der Waals surface area (Å²) in [6.07, 6.45) is 2.62. The first-order valence-corrected chi connectivity index (χ1v) is 4.52. The van der Waals surface area contributed by atoms with Crippen LogP contribution >= 0.6 is 0 Å². The molecule has 0 aromatic rings. The predicted octanol–water partition coefficient (Wildman–Crippen LogP) is 0.262. The maximum absolute atomic E-state index is 10.8. The van der Waals surface area contributed by atoms with Crippen LogP contribution in [0.5, 0.6) is 0 Å². The average Bonchev–Trinajstić information content (AvgIpc) is 2.11. The second-order valence-electron chi connectivity index (χ2n) is 2.49. The van der Waals surface area contributed by atoms with E-state index in [4.69, 9.17) is 4.74 Å². The van der Waals surface area contributed by atoms with Crippen molar-refractivity contribution >= 4 is 5.97 Å². The van der Waals surface area contributed by atoms with Crippen molar-refractivity contribution in [2.75, 3.05) is 26.2 Å². The van der Waals surface area contributed by atoms with Crippen LogP contribution in [0.3, 0.4) is 0 Å². The molecule has 0 spiro atoms. The van der Waals surface area contributed by atoms with Crippen LogP contribution in [0.2, 0.25) is 0 Å². The van der Waals surface area contributed by atoms with Crippen molar-refractivity contribution in [2.24, 2.45) is 0 Å². The zero-order chi connectivity index (χ0) is 9.94. The van der Waals surface area contributed by atoms with Gasteiger partial charge in [0, 0.05) is 6.54 Å². The van der Waals surface area contributed by atoms with Crippen LogP contribution in [0.15, 0.2) is 12.8 Å². The van der Waals surface area contributed by atoms with Gasteiger partial charge in [0.05, 0.1) is 13.2 Å². The maximum Gasteiger partial charge on any atom is 0.319 e. The van der Waals surface area contributed by atoms with Gasteiger partial charge in [0.25, 0.3) is 0 Å². The Morgan fingerprint density at radius 1 is 1.54 bits per heavy atom. The van der Waals surface area contributed by atoms with E-state index in [1.165, 1.54) is 0 Å². The van der Waals surface area contributed by atoms with Crippen LogP contribution in [-0.2, 0) is 9.53 Å². The fourth-order valence-corrected chi connectivity index (χ4v) is 0.820. The number of carbonyl (C=O) groups is 1. The van der Waals surface area contributed by atoms with Gasteiger partial charge in [-0.25, -0.2) is 0 Å². The summed E-state index contributed by atoms with van der Waals surface area (Å²) in [4.78, 5) is 10.8. The topological polar surface area (TPSA) is 50.4 Å². The first-order chi connectivity index (χ1) is 6.31. The van der Waals surface area contributed by atoms with Crippen molar-refractivity contribution in [2.45, 2.75) is 13.3 Å². The molecule has 0 aliphatic heterocycles. The lowest BCUT2D eigenvalue weighted by molar-refractivity contribution is -0.141. The van der Waals surface area contributed by atoms with Crippen LogP contribution in [0.4, 0.5) is 0 Å². The van der Waals surface area contributed by atoms with Crippen molar-refractivity contribution < 1.29 is 9.53 Å². The Kier molecular flexibility index (Phi) is 8.34. The second-order valence-corrected chi connectivity index (χ2v) is 2.49. The van der Waals surface area contributed by atoms with Gasteiger partial charge in [-0.15, -0.1) is 0 Å². The molecule has 0 saturated heterocycles. The molecule has 0 radical (unpaired) electrons. The van der Waals surface area contributed by atoms with E-state index >= 15 is 0 Å². The molecule has 0 heterocycles. The molecular formula is C9H18N2O2. The van der Waals surface area contributed by atoms with Crippen LogP contribution in [0.25, 0.3) is 0 Å². The number of ether oxygens (including phenoxy) is 1. The zero-order valence-corrected chi connectivity index (χ0v) is 8.14. The molecule has 4 heteroatoms. The summed E-state index contributed by atoms with van der Waals surface area (Å²) in [7, 11) is 0. The second kappa shape index (κ2) is 9.06. The zero-order valence-electron chi connectivity index (χ0n) is 8.14. The lowest BCUT2D eigenvalue weighted by atomic mass is 10.4. The molecule has 4 nitrogen and oxygen atoms in total. The molecule has 0 rings (SSSR count). The standard InChI is InChI=1S/C9H18N2O2/c1-3-10-6-5-7-11-8-9(12)13-4-2/h3,10-11H,1,4-8H2,2H3. The Labute approximate surface area is 79.3 Å². The minimum Gasteiger partial charge on any atom is -0.465 e. The highest BCUT2D eigenvalue weighted by Crippen LogP contribution is 1.77. The Balaban J connectivity index is 3.06. The van der Waals surface area contributed by atoms with Crippen molar-refractivity contribution in [3.8, 4) is 0 Å². The lowest BCUT2D eigenvalue weighted by Gasteiger charge is -2.04. The highest BCUT2D eigenvalue weighted by Gasteiger charge is 1.98. The Morgan fingerprint density at radius 2 is 2.31 bits per heavy atom. The third-order valence-corrected chi connectivity index (χ3v) is 1.39. The molecule has 0 aromatic carbocycles. The lowest BCUT2D eigenvalue weighted by Crippen LogP contribution is -2.27. The molecule has 76 valence electrons. The van der Waals surface area contributed by atoms with Gasteiger partial charge in [0.1, 0.15) is 0 Å². The van der Waals surface area contributed by atoms with E-state index in [2.05, 4.69) is 17.2 Å². The Morgan fingerprint density at radius 3 is 2.92 bits per heavy atom. The summed E-state index contributed by atoms with van der Waals surface area (Å²) >= 11 is 0. The predicted molar refractivity (Wildman–Crippen MR) is 52.3 cm³/mol. The first-order valence-electron chi connectivity index (χ1n) is 4.52. The molecule has 0 saturated carbocycles. The van der Waals surface area contributed by atoms with Gasteiger partial charge in [-0.1, -0.05) is 6.58 Å². The van der Waals surface area contributed by atoms with E-state index in [0.29, 0.717) is 13.2 Å². The van der Waals surface area contributed by atoms with Gasteiger partial charge < -0.3 is 15.4 Å². The molecule has 0 amide bonds. The number of rotatable bonds is 8. The van der Waals surface area contributed by atoms with Crippen LogP contribution < -0.4 is 10.6 Å². The maximum atomic E-state index is 10.8. The van der Waals surface area contributed by atoms with Crippen LogP contribution in [0, 0.1) is 0 Å². The summed E-state index contributed by atoms with van der Waals surface area (Å²) in [5.41, 5.74) is 0. The van der Waals surface area contributed by atoms with Gasteiger partial charge in [-0.05, 0) is 26.1 Å². The van der Waals surface area contributed by atoms with Gasteiger partial charge in [-0.2, -0.15) is 0 Å². The van der Waals surface area contributed by atoms with Gasteiger partial charge >= 0.3 is 5.97 Å². The number of hydrogen-bond acceptors (Lipinski definition) is 4. The van der Waals surface area contributed by atoms with Gasteiger partial charge in [0.15, 0.2) is 0 Å². The van der Waals surface area contributed by atoms with E-state index in [1.54, 1.807) is 13.1 Å². The van der Waals surface area contributed by atoms with Crippen molar-refractivity contribution in [1.29, 1.82) is 0 Å². The van der Waals surface area contributed by atoms with Crippen LogP contribution in [-0.4, -0.2) is 32.2 Å². The molecule has 0 fully saturated rings. The third kappa shape index (κ3) is 8.88. The number of hydrogen-bond donors (Lipinski definition) is 2. The minimum atomic E-state index is -0.195. The molecule has 0 atom stereocenters. The van der Waals surface area contributed by atoms with Crippen molar-refractivity contribution in [3.63, 3.8) is 0 Å². The van der Waals surface area contributed by atoms with E-state index < -0.39 is 0 Å². The Bertz CT molecular complexity index is 149. The normalized spacial score (nSPS) is 9.31.